The molecule has 5 rings (SSSR count). The summed E-state index contributed by atoms with van der Waals surface area (Å²) in [4.78, 5) is 17.7. The van der Waals surface area contributed by atoms with Gasteiger partial charge >= 0.3 is 0 Å². The number of aromatic nitrogens is 3. The molecule has 2 heterocycles. The van der Waals surface area contributed by atoms with Gasteiger partial charge < -0.3 is 4.74 Å². The van der Waals surface area contributed by atoms with Gasteiger partial charge in [0, 0.05) is 5.56 Å². The van der Waals surface area contributed by atoms with E-state index < -0.39 is 0 Å². The lowest BCUT2D eigenvalue weighted by Crippen LogP contribution is -2.24. The maximum Gasteiger partial charge on any atom is 0.294 e. The zero-order chi connectivity index (χ0) is 20.7. The molecule has 148 valence electrons. The van der Waals surface area contributed by atoms with E-state index in [0.29, 0.717) is 12.1 Å². The molecule has 0 aliphatic heterocycles. The molecule has 30 heavy (non-hydrogen) atoms. The van der Waals surface area contributed by atoms with Crippen molar-refractivity contribution in [2.75, 3.05) is 7.11 Å². The summed E-state index contributed by atoms with van der Waals surface area (Å²) in [6.07, 6.45) is 0. The van der Waals surface area contributed by atoms with E-state index >= 15 is 0 Å². The van der Waals surface area contributed by atoms with Crippen molar-refractivity contribution in [3.63, 3.8) is 0 Å². The number of nitrogens with zero attached hydrogens (tertiary/aromatic N) is 3. The average molecular weight is 414 g/mol. The number of ether oxygens (including phenoxy) is 1. The molecule has 0 aliphatic rings. The van der Waals surface area contributed by atoms with Gasteiger partial charge in [-0.1, -0.05) is 42.5 Å². The van der Waals surface area contributed by atoms with Crippen LogP contribution in [0.3, 0.4) is 0 Å². The molecular formula is C24H19N3O2S. The summed E-state index contributed by atoms with van der Waals surface area (Å²) in [5.74, 6) is 0.777. The molecule has 0 saturated carbocycles. The average Bonchev–Trinajstić information content (AvgIpc) is 3.18. The predicted octanol–water partition coefficient (Wildman–Crippen LogP) is 5.04. The second-order valence-electron chi connectivity index (χ2n) is 7.09. The molecular weight excluding hydrogens is 394 g/mol. The number of rotatable bonds is 4. The lowest BCUT2D eigenvalue weighted by molar-refractivity contribution is 0.415. The Morgan fingerprint density at radius 1 is 1.00 bits per heavy atom. The molecule has 0 atom stereocenters. The lowest BCUT2D eigenvalue weighted by Gasteiger charge is -2.11. The number of fused-ring (bicyclic) bond motifs is 2. The number of thiazole rings is 1. The highest BCUT2D eigenvalue weighted by molar-refractivity contribution is 7.19. The number of methoxy groups -OCH3 is 1. The van der Waals surface area contributed by atoms with E-state index in [2.05, 4.69) is 23.2 Å². The van der Waals surface area contributed by atoms with E-state index in [0.717, 1.165) is 43.1 Å². The fraction of sp³-hybridized carbons (Fsp3) is 0.125. The van der Waals surface area contributed by atoms with Gasteiger partial charge in [-0.3, -0.25) is 4.79 Å². The lowest BCUT2D eigenvalue weighted by atomic mass is 10.0. The quantitative estimate of drug-likeness (QED) is 0.414. The third-order valence-electron chi connectivity index (χ3n) is 5.17. The Kier molecular flexibility index (Phi) is 4.56. The summed E-state index contributed by atoms with van der Waals surface area (Å²) in [5.41, 5.74) is 3.04. The number of hydrogen-bond donors (Lipinski definition) is 0. The van der Waals surface area contributed by atoms with Crippen LogP contribution in [0.4, 0.5) is 0 Å². The van der Waals surface area contributed by atoms with Gasteiger partial charge in [-0.25, -0.2) is 9.67 Å². The minimum Gasteiger partial charge on any atom is -0.497 e. The molecule has 0 bridgehead atoms. The van der Waals surface area contributed by atoms with Crippen molar-refractivity contribution >= 4 is 32.3 Å². The Labute approximate surface area is 177 Å². The second kappa shape index (κ2) is 7.39. The van der Waals surface area contributed by atoms with Crippen molar-refractivity contribution in [1.29, 1.82) is 0 Å². The first-order chi connectivity index (χ1) is 14.6. The monoisotopic (exact) mass is 413 g/mol. The number of hydrogen-bond acceptors (Lipinski definition) is 5. The first-order valence-corrected chi connectivity index (χ1v) is 10.4. The molecule has 0 unspecified atom stereocenters. The van der Waals surface area contributed by atoms with Gasteiger partial charge in [-0.2, -0.15) is 5.10 Å². The second-order valence-corrected chi connectivity index (χ2v) is 8.29. The van der Waals surface area contributed by atoms with Crippen molar-refractivity contribution in [2.24, 2.45) is 0 Å². The normalized spacial score (nSPS) is 11.3. The van der Waals surface area contributed by atoms with Crippen LogP contribution in [0.25, 0.3) is 32.2 Å². The van der Waals surface area contributed by atoms with Crippen LogP contribution in [0.2, 0.25) is 0 Å². The van der Waals surface area contributed by atoms with E-state index in [1.165, 1.54) is 16.0 Å². The molecule has 5 nitrogen and oxygen atoms in total. The molecule has 0 amide bonds. The van der Waals surface area contributed by atoms with Gasteiger partial charge in [0.1, 0.15) is 11.4 Å². The maximum absolute atomic E-state index is 13.2. The number of benzene rings is 3. The van der Waals surface area contributed by atoms with Gasteiger partial charge in [0.25, 0.3) is 5.56 Å². The molecule has 0 saturated heterocycles. The Balaban J connectivity index is 1.70. The van der Waals surface area contributed by atoms with Crippen LogP contribution in [0, 0.1) is 6.92 Å². The van der Waals surface area contributed by atoms with Gasteiger partial charge in [0.2, 0.25) is 0 Å². The van der Waals surface area contributed by atoms with Gasteiger partial charge in [0.15, 0.2) is 5.52 Å². The summed E-state index contributed by atoms with van der Waals surface area (Å²) in [6, 6.07) is 22.0. The van der Waals surface area contributed by atoms with Crippen LogP contribution < -0.4 is 10.3 Å². The predicted molar refractivity (Wildman–Crippen MR) is 121 cm³/mol. The third kappa shape index (κ3) is 3.15. The molecule has 6 heteroatoms. The highest BCUT2D eigenvalue weighted by Gasteiger charge is 2.17. The van der Waals surface area contributed by atoms with E-state index in [1.807, 2.05) is 55.5 Å². The zero-order valence-electron chi connectivity index (χ0n) is 16.6. The first-order valence-electron chi connectivity index (χ1n) is 9.63. The summed E-state index contributed by atoms with van der Waals surface area (Å²) in [6.45, 7) is 2.30. The van der Waals surface area contributed by atoms with Crippen LogP contribution in [-0.4, -0.2) is 21.9 Å². The third-order valence-corrected chi connectivity index (χ3v) is 6.15. The molecule has 3 aromatic carbocycles. The van der Waals surface area contributed by atoms with Crippen molar-refractivity contribution < 1.29 is 4.74 Å². The van der Waals surface area contributed by atoms with Crippen LogP contribution >= 0.6 is 11.3 Å². The molecule has 5 aromatic rings. The molecule has 0 N–H and O–H groups in total. The number of aryl methyl sites for hydroxylation is 1. The van der Waals surface area contributed by atoms with Crippen LogP contribution in [0.15, 0.2) is 71.5 Å². The van der Waals surface area contributed by atoms with Crippen molar-refractivity contribution in [2.45, 2.75) is 13.5 Å². The Bertz CT molecular complexity index is 1430. The molecule has 0 aliphatic carbocycles. The summed E-state index contributed by atoms with van der Waals surface area (Å²) in [7, 11) is 1.64. The molecule has 0 radical (unpaired) electrons. The highest BCUT2D eigenvalue weighted by atomic mass is 32.1. The summed E-state index contributed by atoms with van der Waals surface area (Å²) in [5, 5.41) is 7.89. The van der Waals surface area contributed by atoms with E-state index in [1.54, 1.807) is 7.11 Å². The minimum absolute atomic E-state index is 0.167. The van der Waals surface area contributed by atoms with Crippen molar-refractivity contribution in [3.8, 4) is 17.0 Å². The smallest absolute Gasteiger partial charge is 0.294 e. The summed E-state index contributed by atoms with van der Waals surface area (Å²) < 4.78 is 7.62. The van der Waals surface area contributed by atoms with Crippen LogP contribution in [0.5, 0.6) is 5.75 Å². The van der Waals surface area contributed by atoms with Crippen molar-refractivity contribution in [3.05, 3.63) is 87.7 Å². The van der Waals surface area contributed by atoms with Crippen LogP contribution in [-0.2, 0) is 6.54 Å². The molecule has 0 spiro atoms. The SMILES string of the molecule is COc1ccc(-c2nn(Cc3cccc4ccccc34)c(=O)c3nc(C)sc23)cc1. The van der Waals surface area contributed by atoms with E-state index in [-0.39, 0.29) is 5.56 Å². The van der Waals surface area contributed by atoms with Gasteiger partial charge in [-0.05, 0) is 47.5 Å². The molecule has 0 fully saturated rings. The fourth-order valence-electron chi connectivity index (χ4n) is 3.70. The Hall–Kier alpha value is -3.51. The van der Waals surface area contributed by atoms with Crippen molar-refractivity contribution in [1.82, 2.24) is 14.8 Å². The first kappa shape index (κ1) is 18.5. The molecule has 2 aromatic heterocycles. The zero-order valence-corrected chi connectivity index (χ0v) is 17.4. The Morgan fingerprint density at radius 2 is 1.77 bits per heavy atom. The maximum atomic E-state index is 13.2. The van der Waals surface area contributed by atoms with Crippen LogP contribution in [0.1, 0.15) is 10.6 Å². The van der Waals surface area contributed by atoms with E-state index in [4.69, 9.17) is 9.84 Å². The topological polar surface area (TPSA) is 57.0 Å². The minimum atomic E-state index is -0.167. The fourth-order valence-corrected chi connectivity index (χ4v) is 4.62. The van der Waals surface area contributed by atoms with Gasteiger partial charge in [-0.15, -0.1) is 11.3 Å². The summed E-state index contributed by atoms with van der Waals surface area (Å²) >= 11 is 1.50. The standard InChI is InChI=1S/C24H19N3O2S/c1-15-25-22-23(30-15)21(17-10-12-19(29-2)13-11-17)26-27(24(22)28)14-18-8-5-7-16-6-3-4-9-20(16)18/h3-13H,14H2,1-2H3. The van der Waals surface area contributed by atoms with E-state index in [9.17, 15) is 4.79 Å². The Morgan fingerprint density at radius 3 is 2.57 bits per heavy atom. The van der Waals surface area contributed by atoms with Gasteiger partial charge in [0.05, 0.1) is 23.4 Å². The highest BCUT2D eigenvalue weighted by Crippen LogP contribution is 2.30. The largest absolute Gasteiger partial charge is 0.497 e.